The van der Waals surface area contributed by atoms with Crippen molar-refractivity contribution in [1.29, 1.82) is 0 Å². The summed E-state index contributed by atoms with van der Waals surface area (Å²) in [5, 5.41) is 0. The van der Waals surface area contributed by atoms with Crippen LogP contribution in [0.3, 0.4) is 0 Å². The third-order valence-corrected chi connectivity index (χ3v) is 3.73. The third kappa shape index (κ3) is 4.67. The normalized spacial score (nSPS) is 15.8. The molecule has 1 amide bonds. The van der Waals surface area contributed by atoms with Gasteiger partial charge in [-0.1, -0.05) is 6.42 Å². The molecule has 21 heavy (non-hydrogen) atoms. The maximum Gasteiger partial charge on any atom is 0.236 e. The van der Waals surface area contributed by atoms with Gasteiger partial charge in [-0.2, -0.15) is 0 Å². The van der Waals surface area contributed by atoms with Gasteiger partial charge in [0.25, 0.3) is 0 Å². The first-order valence-corrected chi connectivity index (χ1v) is 7.52. The predicted octanol–water partition coefficient (Wildman–Crippen LogP) is 0.987. The number of carbonyl (C=O) groups excluding carboxylic acids is 1. The van der Waals surface area contributed by atoms with Crippen LogP contribution in [0.25, 0.3) is 0 Å². The number of aromatic nitrogens is 2. The molecule has 0 unspecified atom stereocenters. The number of likely N-dealkylation sites (tertiary alicyclic amines) is 1. The van der Waals surface area contributed by atoms with Crippen molar-refractivity contribution in [1.82, 2.24) is 19.8 Å². The highest BCUT2D eigenvalue weighted by atomic mass is 16.2. The highest BCUT2D eigenvalue weighted by Gasteiger charge is 2.17. The Labute approximate surface area is 126 Å². The highest BCUT2D eigenvalue weighted by molar-refractivity contribution is 5.77. The second-order valence-electron chi connectivity index (χ2n) is 5.83. The van der Waals surface area contributed by atoms with Crippen LogP contribution < -0.4 is 4.90 Å². The molecule has 0 aliphatic carbocycles. The Balaban J connectivity index is 1.89. The number of rotatable bonds is 5. The number of carbonyl (C=O) groups is 1. The van der Waals surface area contributed by atoms with Crippen molar-refractivity contribution in [3.05, 3.63) is 18.0 Å². The van der Waals surface area contributed by atoms with E-state index in [0.29, 0.717) is 19.0 Å². The van der Waals surface area contributed by atoms with Gasteiger partial charge in [0.1, 0.15) is 0 Å². The zero-order valence-corrected chi connectivity index (χ0v) is 13.2. The lowest BCUT2D eigenvalue weighted by Crippen LogP contribution is -2.40. The molecule has 1 aliphatic heterocycles. The summed E-state index contributed by atoms with van der Waals surface area (Å²) in [6.07, 6.45) is 5.43. The summed E-state index contributed by atoms with van der Waals surface area (Å²) in [7, 11) is 5.65. The summed E-state index contributed by atoms with van der Waals surface area (Å²) in [4.78, 5) is 26.8. The fourth-order valence-corrected chi connectivity index (χ4v) is 2.45. The Bertz CT molecular complexity index is 471. The lowest BCUT2D eigenvalue weighted by Gasteiger charge is -2.28. The van der Waals surface area contributed by atoms with Crippen molar-refractivity contribution in [3.8, 4) is 0 Å². The molecule has 6 heteroatoms. The number of hydrogen-bond acceptors (Lipinski definition) is 5. The molecular formula is C15H25N5O. The van der Waals surface area contributed by atoms with Gasteiger partial charge in [-0.15, -0.1) is 0 Å². The number of likely N-dealkylation sites (N-methyl/N-ethyl adjacent to an activating group) is 1. The van der Waals surface area contributed by atoms with E-state index in [2.05, 4.69) is 14.9 Å². The minimum Gasteiger partial charge on any atom is -0.347 e. The molecule has 1 aromatic heterocycles. The summed E-state index contributed by atoms with van der Waals surface area (Å²) in [6, 6.07) is 1.86. The number of nitrogens with zero attached hydrogens (tertiary/aromatic N) is 5. The van der Waals surface area contributed by atoms with Gasteiger partial charge in [-0.25, -0.2) is 9.97 Å². The quantitative estimate of drug-likeness (QED) is 0.809. The van der Waals surface area contributed by atoms with Crippen LogP contribution in [0.2, 0.25) is 0 Å². The van der Waals surface area contributed by atoms with Crippen LogP contribution in [0.15, 0.2) is 12.3 Å². The van der Waals surface area contributed by atoms with Crippen LogP contribution in [0.5, 0.6) is 0 Å². The fourth-order valence-electron chi connectivity index (χ4n) is 2.45. The summed E-state index contributed by atoms with van der Waals surface area (Å²) in [6.45, 7) is 3.12. The minimum atomic E-state index is 0.155. The molecule has 0 bridgehead atoms. The number of piperidine rings is 1. The standard InChI is InChI=1S/C15H25N5O/c1-18(2)15-16-8-7-13(17-15)11-19(3)14(21)12-20-9-5-4-6-10-20/h7-8H,4-6,9-12H2,1-3H3. The molecule has 0 spiro atoms. The summed E-state index contributed by atoms with van der Waals surface area (Å²) >= 11 is 0. The average Bonchev–Trinajstić information content (AvgIpc) is 2.48. The molecule has 0 radical (unpaired) electrons. The topological polar surface area (TPSA) is 52.6 Å². The Morgan fingerprint density at radius 2 is 1.95 bits per heavy atom. The maximum atomic E-state index is 12.3. The van der Waals surface area contributed by atoms with E-state index in [0.717, 1.165) is 18.8 Å². The van der Waals surface area contributed by atoms with Crippen LogP contribution >= 0.6 is 0 Å². The number of hydrogen-bond donors (Lipinski definition) is 0. The lowest BCUT2D eigenvalue weighted by molar-refractivity contribution is -0.131. The molecule has 0 saturated carbocycles. The second kappa shape index (κ2) is 7.36. The minimum absolute atomic E-state index is 0.155. The van der Waals surface area contributed by atoms with Crippen molar-refractivity contribution in [2.24, 2.45) is 0 Å². The van der Waals surface area contributed by atoms with Crippen molar-refractivity contribution < 1.29 is 4.79 Å². The summed E-state index contributed by atoms with van der Waals surface area (Å²) < 4.78 is 0. The Morgan fingerprint density at radius 3 is 2.62 bits per heavy atom. The van der Waals surface area contributed by atoms with Gasteiger partial charge >= 0.3 is 0 Å². The van der Waals surface area contributed by atoms with Gasteiger partial charge in [0, 0.05) is 27.3 Å². The van der Waals surface area contributed by atoms with Crippen LogP contribution in [-0.2, 0) is 11.3 Å². The zero-order valence-electron chi connectivity index (χ0n) is 13.2. The van der Waals surface area contributed by atoms with Gasteiger partial charge < -0.3 is 9.80 Å². The van der Waals surface area contributed by atoms with E-state index >= 15 is 0 Å². The molecular weight excluding hydrogens is 266 g/mol. The largest absolute Gasteiger partial charge is 0.347 e. The summed E-state index contributed by atoms with van der Waals surface area (Å²) in [5.74, 6) is 0.825. The van der Waals surface area contributed by atoms with Crippen molar-refractivity contribution >= 4 is 11.9 Å². The average molecular weight is 291 g/mol. The van der Waals surface area contributed by atoms with Gasteiger partial charge in [0.15, 0.2) is 0 Å². The molecule has 0 N–H and O–H groups in total. The van der Waals surface area contributed by atoms with Gasteiger partial charge in [-0.3, -0.25) is 9.69 Å². The van der Waals surface area contributed by atoms with E-state index in [4.69, 9.17) is 0 Å². The smallest absolute Gasteiger partial charge is 0.236 e. The monoisotopic (exact) mass is 291 g/mol. The molecule has 2 heterocycles. The van der Waals surface area contributed by atoms with Crippen LogP contribution in [0.4, 0.5) is 5.95 Å². The lowest BCUT2D eigenvalue weighted by atomic mass is 10.1. The Kier molecular flexibility index (Phi) is 5.50. The van der Waals surface area contributed by atoms with E-state index in [1.54, 1.807) is 11.1 Å². The Morgan fingerprint density at radius 1 is 1.24 bits per heavy atom. The zero-order chi connectivity index (χ0) is 15.2. The Hall–Kier alpha value is -1.69. The van der Waals surface area contributed by atoms with Crippen LogP contribution in [-0.4, -0.2) is 66.5 Å². The van der Waals surface area contributed by atoms with Crippen LogP contribution in [0.1, 0.15) is 25.0 Å². The molecule has 1 saturated heterocycles. The van der Waals surface area contributed by atoms with E-state index in [1.807, 2.05) is 32.1 Å². The maximum absolute atomic E-state index is 12.3. The van der Waals surface area contributed by atoms with E-state index < -0.39 is 0 Å². The molecule has 1 aromatic rings. The van der Waals surface area contributed by atoms with E-state index in [-0.39, 0.29) is 5.91 Å². The number of amides is 1. The van der Waals surface area contributed by atoms with Gasteiger partial charge in [0.2, 0.25) is 11.9 Å². The molecule has 1 aliphatic rings. The first kappa shape index (κ1) is 15.7. The first-order valence-electron chi connectivity index (χ1n) is 7.52. The number of anilines is 1. The third-order valence-electron chi connectivity index (χ3n) is 3.73. The molecule has 116 valence electrons. The van der Waals surface area contributed by atoms with Gasteiger partial charge in [0.05, 0.1) is 18.8 Å². The highest BCUT2D eigenvalue weighted by Crippen LogP contribution is 2.10. The van der Waals surface area contributed by atoms with Crippen molar-refractivity contribution in [2.75, 3.05) is 45.7 Å². The van der Waals surface area contributed by atoms with E-state index in [1.165, 1.54) is 19.3 Å². The van der Waals surface area contributed by atoms with Crippen molar-refractivity contribution in [2.45, 2.75) is 25.8 Å². The first-order chi connectivity index (χ1) is 10.1. The SMILES string of the molecule is CN(Cc1ccnc(N(C)C)n1)C(=O)CN1CCCCC1. The molecule has 6 nitrogen and oxygen atoms in total. The molecule has 2 rings (SSSR count). The molecule has 0 aromatic carbocycles. The molecule has 1 fully saturated rings. The second-order valence-corrected chi connectivity index (χ2v) is 5.83. The fraction of sp³-hybridized carbons (Fsp3) is 0.667. The van der Waals surface area contributed by atoms with E-state index in [9.17, 15) is 4.79 Å². The van der Waals surface area contributed by atoms with Crippen LogP contribution in [0, 0.1) is 0 Å². The molecule has 0 atom stereocenters. The predicted molar refractivity (Wildman–Crippen MR) is 83.1 cm³/mol. The summed E-state index contributed by atoms with van der Waals surface area (Å²) in [5.41, 5.74) is 0.864. The van der Waals surface area contributed by atoms with Gasteiger partial charge in [-0.05, 0) is 32.0 Å². The van der Waals surface area contributed by atoms with Crippen molar-refractivity contribution in [3.63, 3.8) is 0 Å².